The summed E-state index contributed by atoms with van der Waals surface area (Å²) < 4.78 is 8.88. The molecule has 0 atom stereocenters. The van der Waals surface area contributed by atoms with Crippen LogP contribution in [0.15, 0.2) is 0 Å². The van der Waals surface area contributed by atoms with Crippen molar-refractivity contribution in [3.63, 3.8) is 0 Å². The minimum Gasteiger partial charge on any atom is -0.303 e. The van der Waals surface area contributed by atoms with Crippen LogP contribution in [-0.2, 0) is 23.1 Å². The van der Waals surface area contributed by atoms with Gasteiger partial charge in [0.2, 0.25) is 0 Å². The number of hydrogen-bond acceptors (Lipinski definition) is 1. The van der Waals surface area contributed by atoms with Gasteiger partial charge in [-0.25, -0.2) is 4.57 Å². The minimum absolute atomic E-state index is 0. The van der Waals surface area contributed by atoms with E-state index in [9.17, 15) is 0 Å². The van der Waals surface area contributed by atoms with Gasteiger partial charge in [-0.05, 0) is 0 Å². The van der Waals surface area contributed by atoms with Gasteiger partial charge in [-0.1, -0.05) is 7.43 Å². The maximum Gasteiger partial charge on any atom is 0.466 e. The Bertz CT molecular complexity index is 62.2. The van der Waals surface area contributed by atoms with Gasteiger partial charge in [0.15, 0.2) is 0 Å². The summed E-state index contributed by atoms with van der Waals surface area (Å²) in [6.07, 6.45) is 0. The molecule has 0 heterocycles. The Labute approximate surface area is 72.0 Å². The molecule has 0 fully saturated rings. The average molecular weight is 172 g/mol. The van der Waals surface area contributed by atoms with Gasteiger partial charge < -0.3 is 14.7 Å². The molecule has 0 unspecified atom stereocenters. The van der Waals surface area contributed by atoms with Crippen LogP contribution in [-0.4, -0.2) is 33.5 Å². The third-order valence-electron chi connectivity index (χ3n) is 0. The smallest absolute Gasteiger partial charge is 0.303 e. The van der Waals surface area contributed by atoms with E-state index < -0.39 is 7.82 Å². The summed E-state index contributed by atoms with van der Waals surface area (Å²) in [5, 5.41) is 0. The predicted molar refractivity (Wildman–Crippen MR) is 26.7 cm³/mol. The van der Waals surface area contributed by atoms with E-state index in [0.717, 1.165) is 0 Å². The first kappa shape index (κ1) is 22.8. The molecule has 0 aromatic rings. The second-order valence-electron chi connectivity index (χ2n) is 0.513. The van der Waals surface area contributed by atoms with E-state index in [0.29, 0.717) is 0 Å². The number of rotatable bonds is 0. The van der Waals surface area contributed by atoms with Crippen LogP contribution in [0.1, 0.15) is 7.43 Å². The summed E-state index contributed by atoms with van der Waals surface area (Å²) >= 11 is 0. The molecule has 2 radical (unpaired) electrons. The predicted octanol–water partition coefficient (Wildman–Crippen LogP) is -0.676. The molecule has 0 aromatic carbocycles. The van der Waals surface area contributed by atoms with Gasteiger partial charge in [0, 0.05) is 37.4 Å². The molecule has 4 nitrogen and oxygen atoms in total. The van der Waals surface area contributed by atoms with E-state index in [2.05, 4.69) is 0 Å². The monoisotopic (exact) mass is 172 g/mol. The molecule has 0 amide bonds. The first-order valence-corrected chi connectivity index (χ1v) is 2.35. The Morgan fingerprint density at radius 1 is 1.12 bits per heavy atom. The van der Waals surface area contributed by atoms with Crippen molar-refractivity contribution in [1.82, 2.24) is 0 Å². The molecule has 0 bridgehead atoms. The molecule has 46 valence electrons. The van der Waals surface area contributed by atoms with Gasteiger partial charge in [-0.15, -0.1) is 0 Å². The fourth-order valence-electron chi connectivity index (χ4n) is 0. The van der Waals surface area contributed by atoms with E-state index >= 15 is 0 Å². The van der Waals surface area contributed by atoms with Crippen molar-refractivity contribution < 1.29 is 37.8 Å². The summed E-state index contributed by atoms with van der Waals surface area (Å²) in [7, 11) is -4.64. The fraction of sp³-hybridized carbons (Fsp3) is 1.00. The Kier molecular flexibility index (Phi) is 23.6. The molecule has 8 heavy (non-hydrogen) atoms. The molecule has 3 N–H and O–H groups in total. The molecular weight excluding hydrogens is 165 g/mol. The zero-order valence-corrected chi connectivity index (χ0v) is 5.94. The first-order chi connectivity index (χ1) is 2.00. The molecule has 0 saturated heterocycles. The number of hydrogen-bond donors (Lipinski definition) is 3. The van der Waals surface area contributed by atoms with Crippen molar-refractivity contribution in [2.75, 3.05) is 0 Å². The molecule has 0 aliphatic heterocycles. The molecule has 0 saturated carbocycles. The quantitative estimate of drug-likeness (QED) is 0.334. The second-order valence-corrected chi connectivity index (χ2v) is 1.54. The van der Waals surface area contributed by atoms with Gasteiger partial charge in [0.25, 0.3) is 0 Å². The third kappa shape index (κ3) is 173. The topological polar surface area (TPSA) is 77.8 Å². The minimum atomic E-state index is -4.64. The summed E-state index contributed by atoms with van der Waals surface area (Å²) in [6.45, 7) is 0. The van der Waals surface area contributed by atoms with E-state index in [1.54, 1.807) is 0 Å². The van der Waals surface area contributed by atoms with E-state index in [4.69, 9.17) is 19.2 Å². The molecule has 0 aromatic heterocycles. The Morgan fingerprint density at radius 2 is 1.12 bits per heavy atom. The number of phosphoric acid groups is 1. The van der Waals surface area contributed by atoms with E-state index in [-0.39, 0.29) is 44.8 Å². The van der Waals surface area contributed by atoms with Crippen LogP contribution in [0.2, 0.25) is 0 Å². The van der Waals surface area contributed by atoms with E-state index in [1.807, 2.05) is 0 Å². The van der Waals surface area contributed by atoms with Crippen LogP contribution in [0, 0.1) is 0 Å². The molecule has 0 rings (SSSR count). The Balaban J connectivity index is -0.0000000267. The van der Waals surface area contributed by atoms with Gasteiger partial charge in [-0.3, -0.25) is 0 Å². The SMILES string of the molecule is C.O=P(O)(O)O.[Li].[V]. The Morgan fingerprint density at radius 3 is 1.12 bits per heavy atom. The van der Waals surface area contributed by atoms with E-state index in [1.165, 1.54) is 0 Å². The average Bonchev–Trinajstić information content (AvgIpc) is 0.722. The molecule has 0 spiro atoms. The van der Waals surface area contributed by atoms with Crippen LogP contribution in [0.3, 0.4) is 0 Å². The van der Waals surface area contributed by atoms with Crippen LogP contribution in [0.4, 0.5) is 0 Å². The van der Waals surface area contributed by atoms with Crippen LogP contribution < -0.4 is 0 Å². The van der Waals surface area contributed by atoms with Crippen molar-refractivity contribution >= 4 is 26.7 Å². The molecule has 0 aliphatic carbocycles. The maximum atomic E-state index is 8.88. The fourth-order valence-corrected chi connectivity index (χ4v) is 0. The normalized spacial score (nSPS) is 7.38. The van der Waals surface area contributed by atoms with Crippen molar-refractivity contribution in [1.29, 1.82) is 0 Å². The van der Waals surface area contributed by atoms with Crippen LogP contribution in [0.5, 0.6) is 0 Å². The van der Waals surface area contributed by atoms with Crippen molar-refractivity contribution in [2.45, 2.75) is 7.43 Å². The molecular formula is CH7LiO4PV. The van der Waals surface area contributed by atoms with Gasteiger partial charge >= 0.3 is 7.82 Å². The summed E-state index contributed by atoms with van der Waals surface area (Å²) in [6, 6.07) is 0. The summed E-state index contributed by atoms with van der Waals surface area (Å²) in [4.78, 5) is 21.6. The largest absolute Gasteiger partial charge is 0.466 e. The van der Waals surface area contributed by atoms with Crippen molar-refractivity contribution in [3.8, 4) is 0 Å². The van der Waals surface area contributed by atoms with Crippen LogP contribution in [0.25, 0.3) is 0 Å². The molecule has 7 heteroatoms. The van der Waals surface area contributed by atoms with Gasteiger partial charge in [0.1, 0.15) is 0 Å². The summed E-state index contributed by atoms with van der Waals surface area (Å²) in [5.41, 5.74) is 0. The maximum absolute atomic E-state index is 8.88. The summed E-state index contributed by atoms with van der Waals surface area (Å²) in [5.74, 6) is 0. The second kappa shape index (κ2) is 8.29. The van der Waals surface area contributed by atoms with Crippen LogP contribution >= 0.6 is 7.82 Å². The van der Waals surface area contributed by atoms with Gasteiger partial charge in [-0.2, -0.15) is 0 Å². The zero-order valence-electron chi connectivity index (χ0n) is 3.64. The molecule has 0 aliphatic rings. The van der Waals surface area contributed by atoms with Gasteiger partial charge in [0.05, 0.1) is 0 Å². The van der Waals surface area contributed by atoms with Crippen molar-refractivity contribution in [3.05, 3.63) is 0 Å². The van der Waals surface area contributed by atoms with Crippen molar-refractivity contribution in [2.24, 2.45) is 0 Å². The standard InChI is InChI=1S/CH4.Li.H3O4P.V/c;;1-5(2,3)4;/h1H4;;(H3,1,2,3,4);. The zero-order chi connectivity index (χ0) is 4.50. The third-order valence-corrected chi connectivity index (χ3v) is 0. The Hall–Kier alpha value is 1.29. The first-order valence-electron chi connectivity index (χ1n) is 0.783.